The Balaban J connectivity index is 0.00000267. The van der Waals surface area contributed by atoms with Gasteiger partial charge in [-0.15, -0.1) is 0 Å². The molecule has 0 aliphatic heterocycles. The van der Waals surface area contributed by atoms with Crippen LogP contribution in [-0.2, 0) is 0 Å². The molecule has 75 heavy (non-hydrogen) atoms. The molecule has 0 fully saturated rings. The van der Waals surface area contributed by atoms with Crippen molar-refractivity contribution in [2.24, 2.45) is 0 Å². The second-order valence-corrected chi connectivity index (χ2v) is 18.3. The smallest absolute Gasteiger partial charge is 0.165 e. The highest BCUT2D eigenvalue weighted by Crippen LogP contribution is 2.45. The molecule has 356 valence electrons. The molecule has 0 saturated carbocycles. The third-order valence-electron chi connectivity index (χ3n) is 13.9. The summed E-state index contributed by atoms with van der Waals surface area (Å²) in [7, 11) is 0. The van der Waals surface area contributed by atoms with Crippen molar-refractivity contribution in [1.29, 1.82) is 0 Å². The molecule has 10 aromatic carbocycles. The molecule has 7 nitrogen and oxygen atoms in total. The largest absolute Gasteiger partial charge is 0.309 e. The van der Waals surface area contributed by atoms with Gasteiger partial charge in [-0.25, -0.2) is 19.9 Å². The predicted octanol–water partition coefficient (Wildman–Crippen LogP) is 17.3. The number of benzene rings is 10. The highest BCUT2D eigenvalue weighted by atomic mass is 15.2. The van der Waals surface area contributed by atoms with Gasteiger partial charge in [0.15, 0.2) is 23.1 Å². The minimum absolute atomic E-state index is 0.585. The molecule has 0 saturated heterocycles. The van der Waals surface area contributed by atoms with Crippen molar-refractivity contribution in [2.75, 3.05) is 0 Å². The van der Waals surface area contributed by atoms with E-state index in [0.29, 0.717) is 17.5 Å². The molecule has 14 rings (SSSR count). The van der Waals surface area contributed by atoms with E-state index in [1.807, 2.05) is 26.0 Å². The number of fused-ring (bicyclic) bond motifs is 7. The van der Waals surface area contributed by atoms with Gasteiger partial charge in [-0.2, -0.15) is 0 Å². The molecule has 4 heterocycles. The van der Waals surface area contributed by atoms with Crippen LogP contribution in [0, 0.1) is 0 Å². The summed E-state index contributed by atoms with van der Waals surface area (Å²) in [4.78, 5) is 21.4. The normalized spacial score (nSPS) is 11.3. The van der Waals surface area contributed by atoms with Crippen LogP contribution in [0.3, 0.4) is 0 Å². The molecule has 0 spiro atoms. The summed E-state index contributed by atoms with van der Waals surface area (Å²) in [5, 5.41) is 3.42. The van der Waals surface area contributed by atoms with Crippen LogP contribution >= 0.6 is 0 Å². The van der Waals surface area contributed by atoms with Gasteiger partial charge in [-0.05, 0) is 89.0 Å². The first-order valence-corrected chi connectivity index (χ1v) is 25.6. The summed E-state index contributed by atoms with van der Waals surface area (Å²) in [5.41, 5.74) is 16.4. The topological polar surface area (TPSA) is 66.3 Å². The minimum Gasteiger partial charge on any atom is -0.309 e. The molecule has 0 atom stereocenters. The van der Waals surface area contributed by atoms with Crippen LogP contribution in [-0.4, -0.2) is 33.6 Å². The van der Waals surface area contributed by atoms with Crippen LogP contribution in [0.15, 0.2) is 261 Å². The second-order valence-electron chi connectivity index (χ2n) is 18.3. The van der Waals surface area contributed by atoms with E-state index in [0.717, 1.165) is 111 Å². The van der Waals surface area contributed by atoms with Crippen molar-refractivity contribution in [3.05, 3.63) is 261 Å². The Morgan fingerprint density at radius 2 is 0.667 bits per heavy atom. The summed E-state index contributed by atoms with van der Waals surface area (Å²) in [6.45, 7) is 4.00. The minimum atomic E-state index is 0.585. The molecule has 7 heteroatoms. The number of nitrogens with zero attached hydrogens (tertiary/aromatic N) is 7. The lowest BCUT2D eigenvalue weighted by Gasteiger charge is -2.13. The van der Waals surface area contributed by atoms with Crippen molar-refractivity contribution in [2.45, 2.75) is 13.8 Å². The van der Waals surface area contributed by atoms with Gasteiger partial charge in [-0.1, -0.05) is 208 Å². The van der Waals surface area contributed by atoms with Gasteiger partial charge in [0.05, 0.1) is 16.6 Å². The molecular weight excluding hydrogens is 915 g/mol. The number of hydrogen-bond acceptors (Lipinski definition) is 4. The van der Waals surface area contributed by atoms with Crippen LogP contribution in [0.1, 0.15) is 13.8 Å². The van der Waals surface area contributed by atoms with Gasteiger partial charge in [0.1, 0.15) is 11.3 Å². The monoisotopic (exact) mass is 963 g/mol. The molecule has 0 bridgehead atoms. The van der Waals surface area contributed by atoms with Crippen LogP contribution in [0.4, 0.5) is 0 Å². The van der Waals surface area contributed by atoms with Gasteiger partial charge in [0.25, 0.3) is 0 Å². The zero-order valence-electron chi connectivity index (χ0n) is 41.5. The Bertz CT molecular complexity index is 4250. The molecule has 0 amide bonds. The average molecular weight is 964 g/mol. The molecule has 0 aliphatic carbocycles. The van der Waals surface area contributed by atoms with Crippen LogP contribution in [0.25, 0.3) is 129 Å². The summed E-state index contributed by atoms with van der Waals surface area (Å²) >= 11 is 0. The summed E-state index contributed by atoms with van der Waals surface area (Å²) < 4.78 is 7.06. The number of para-hydroxylation sites is 3. The molecule has 0 N–H and O–H groups in total. The molecule has 4 aromatic heterocycles. The van der Waals surface area contributed by atoms with Gasteiger partial charge in [0.2, 0.25) is 0 Å². The zero-order chi connectivity index (χ0) is 50.2. The number of aromatic nitrogens is 7. The summed E-state index contributed by atoms with van der Waals surface area (Å²) in [6, 6.07) is 91.4. The maximum Gasteiger partial charge on any atom is 0.165 e. The molecular formula is C68H49N7. The van der Waals surface area contributed by atoms with Crippen molar-refractivity contribution in [3.63, 3.8) is 0 Å². The first-order chi connectivity index (χ1) is 37.2. The first-order valence-electron chi connectivity index (χ1n) is 25.6. The lowest BCUT2D eigenvalue weighted by molar-refractivity contribution is 1.07. The Morgan fingerprint density at radius 1 is 0.267 bits per heavy atom. The quantitative estimate of drug-likeness (QED) is 0.145. The second kappa shape index (κ2) is 19.2. The number of imidazole rings is 1. The van der Waals surface area contributed by atoms with Crippen molar-refractivity contribution < 1.29 is 0 Å². The Hall–Kier alpha value is -9.98. The fourth-order valence-corrected chi connectivity index (χ4v) is 10.6. The van der Waals surface area contributed by atoms with Crippen molar-refractivity contribution >= 4 is 43.9 Å². The van der Waals surface area contributed by atoms with E-state index in [1.165, 1.54) is 0 Å². The van der Waals surface area contributed by atoms with Crippen LogP contribution < -0.4 is 0 Å². The highest BCUT2D eigenvalue weighted by Gasteiger charge is 2.27. The SMILES string of the molecule is CC.c1ccc(-c2cccc(-c3nc(-c4cccc(-c5ccccc5)c4)nc(-c4cccc(-n5c6ccccc6c6c7c8c(nc(-c9ccccc9)n8-c8ccccc8)n(-c8ccccc8)c7ccc65)c4)n3)c2)cc1. The number of hydrogen-bond donors (Lipinski definition) is 0. The van der Waals surface area contributed by atoms with E-state index >= 15 is 0 Å². The number of rotatable bonds is 9. The van der Waals surface area contributed by atoms with Gasteiger partial charge in [-0.3, -0.25) is 9.13 Å². The third-order valence-corrected chi connectivity index (χ3v) is 13.9. The molecule has 0 radical (unpaired) electrons. The van der Waals surface area contributed by atoms with Gasteiger partial charge in [0, 0.05) is 55.5 Å². The van der Waals surface area contributed by atoms with Crippen LogP contribution in [0.5, 0.6) is 0 Å². The Morgan fingerprint density at radius 3 is 1.21 bits per heavy atom. The standard InChI is InChI=1S/C66H43N7.C2H6/c1-6-21-44(22-7-1)47-27-18-29-49(41-47)62-67-63(50-30-19-28-48(42-50)45-23-8-2-9-24-45)69-64(68-62)51-31-20-36-54(43-51)71-56-38-17-16-37-55(56)59-57(71)39-40-58-60(59)61-66(72(58)52-32-12-4-13-33-52)70-65(46-25-10-3-11-26-46)73(61)53-34-14-5-15-35-53;1-2/h1-43H;1-2H3. The van der Waals surface area contributed by atoms with E-state index in [1.54, 1.807) is 0 Å². The first kappa shape index (κ1) is 44.9. The Kier molecular flexibility index (Phi) is 11.5. The fourth-order valence-electron chi connectivity index (χ4n) is 10.6. The van der Waals surface area contributed by atoms with E-state index in [2.05, 4.69) is 262 Å². The zero-order valence-corrected chi connectivity index (χ0v) is 41.5. The molecule has 14 aromatic rings. The van der Waals surface area contributed by atoms with Crippen LogP contribution in [0.2, 0.25) is 0 Å². The van der Waals surface area contributed by atoms with E-state index in [9.17, 15) is 0 Å². The van der Waals surface area contributed by atoms with E-state index in [4.69, 9.17) is 19.9 Å². The van der Waals surface area contributed by atoms with Gasteiger partial charge >= 0.3 is 0 Å². The Labute approximate surface area is 435 Å². The summed E-state index contributed by atoms with van der Waals surface area (Å²) in [5.74, 6) is 2.67. The average Bonchev–Trinajstić information content (AvgIpc) is 4.32. The van der Waals surface area contributed by atoms with Crippen molar-refractivity contribution in [1.82, 2.24) is 33.6 Å². The lowest BCUT2D eigenvalue weighted by atomic mass is 10.0. The van der Waals surface area contributed by atoms with E-state index < -0.39 is 0 Å². The van der Waals surface area contributed by atoms with Crippen molar-refractivity contribution in [3.8, 4) is 84.9 Å². The maximum absolute atomic E-state index is 5.57. The maximum atomic E-state index is 5.57. The predicted molar refractivity (Wildman–Crippen MR) is 310 cm³/mol. The lowest BCUT2D eigenvalue weighted by Crippen LogP contribution is -2.01. The van der Waals surface area contributed by atoms with E-state index in [-0.39, 0.29) is 0 Å². The summed E-state index contributed by atoms with van der Waals surface area (Å²) in [6.07, 6.45) is 0. The molecule has 0 unspecified atom stereocenters. The van der Waals surface area contributed by atoms with Gasteiger partial charge < -0.3 is 4.57 Å². The highest BCUT2D eigenvalue weighted by molar-refractivity contribution is 6.28. The fraction of sp³-hybridized carbons (Fsp3) is 0.0294. The molecule has 0 aliphatic rings. The third kappa shape index (κ3) is 7.95.